The first-order chi connectivity index (χ1) is 17.5. The van der Waals surface area contributed by atoms with E-state index in [2.05, 4.69) is 93.6 Å². The zero-order valence-electron chi connectivity index (χ0n) is 22.0. The van der Waals surface area contributed by atoms with Gasteiger partial charge in [-0.15, -0.1) is 26.3 Å². The largest absolute Gasteiger partial charge is 0.412 e. The van der Waals surface area contributed by atoms with Gasteiger partial charge in [-0.1, -0.05) is 72.5 Å². The van der Waals surface area contributed by atoms with Crippen molar-refractivity contribution in [2.45, 2.75) is 38.0 Å². The van der Waals surface area contributed by atoms with Crippen molar-refractivity contribution >= 4 is 33.1 Å². The van der Waals surface area contributed by atoms with Crippen molar-refractivity contribution in [3.8, 4) is 11.8 Å². The van der Waals surface area contributed by atoms with Gasteiger partial charge in [0.25, 0.3) is 0 Å². The summed E-state index contributed by atoms with van der Waals surface area (Å²) in [7, 11) is -4.24. The fourth-order valence-corrected chi connectivity index (χ4v) is 11.1. The average molecular weight is 513 g/mol. The molecular formula is C32H40O2Si2. The summed E-state index contributed by atoms with van der Waals surface area (Å²) in [5.41, 5.74) is 2.10. The Bertz CT molecular complexity index is 1070. The standard InChI is InChI=1S/C32H40O2Si2/c1-7-25-35(26-8-2,33-11-5)31-21-17-29(18-22-31)15-13-14-16-30-19-23-32(24-20-30)36(27-9-3,28-10-4)34-12-6/h7-10,13,15,17-24H,1-4,11-12,25-28H2,5-6H3. The second-order valence-corrected chi connectivity index (χ2v) is 16.0. The van der Waals surface area contributed by atoms with Crippen molar-refractivity contribution < 1.29 is 8.85 Å². The maximum Gasteiger partial charge on any atom is 0.231 e. The molecule has 0 heterocycles. The second kappa shape index (κ2) is 15.2. The summed E-state index contributed by atoms with van der Waals surface area (Å²) < 4.78 is 12.6. The van der Waals surface area contributed by atoms with Crippen LogP contribution in [0.3, 0.4) is 0 Å². The molecule has 2 nitrogen and oxygen atoms in total. The van der Waals surface area contributed by atoms with Gasteiger partial charge in [-0.3, -0.25) is 0 Å². The Kier molecular flexibility index (Phi) is 12.4. The Morgan fingerprint density at radius 2 is 1.08 bits per heavy atom. The van der Waals surface area contributed by atoms with Crippen molar-refractivity contribution in [1.82, 2.24) is 0 Å². The summed E-state index contributed by atoms with van der Waals surface area (Å²) in [6.07, 6.45) is 11.8. The van der Waals surface area contributed by atoms with Crippen LogP contribution in [0.1, 0.15) is 25.0 Å². The first kappa shape index (κ1) is 29.3. The minimum Gasteiger partial charge on any atom is -0.412 e. The van der Waals surface area contributed by atoms with Gasteiger partial charge in [0.05, 0.1) is 0 Å². The molecule has 0 unspecified atom stereocenters. The summed E-state index contributed by atoms with van der Waals surface area (Å²) in [4.78, 5) is 0. The molecule has 0 aliphatic heterocycles. The third kappa shape index (κ3) is 7.78. The van der Waals surface area contributed by atoms with E-state index >= 15 is 0 Å². The van der Waals surface area contributed by atoms with Crippen LogP contribution in [0.15, 0.2) is 105 Å². The van der Waals surface area contributed by atoms with Crippen molar-refractivity contribution in [3.63, 3.8) is 0 Å². The van der Waals surface area contributed by atoms with E-state index in [1.54, 1.807) is 0 Å². The molecule has 36 heavy (non-hydrogen) atoms. The average Bonchev–Trinajstić information content (AvgIpc) is 2.88. The molecule has 2 aromatic rings. The third-order valence-corrected chi connectivity index (χ3v) is 14.4. The zero-order valence-corrected chi connectivity index (χ0v) is 24.0. The SMILES string of the molecule is C=CC[Si](CC=C)(OCC)c1ccc(C#CC=Cc2ccc([Si](CC=C)(CC=C)OCC)cc2)cc1. The molecule has 0 radical (unpaired) electrons. The van der Waals surface area contributed by atoms with E-state index in [-0.39, 0.29) is 0 Å². The highest BCUT2D eigenvalue weighted by atomic mass is 28.4. The minimum absolute atomic E-state index is 0.693. The second-order valence-electron chi connectivity index (χ2n) is 8.63. The predicted octanol–water partition coefficient (Wildman–Crippen LogP) is 6.87. The van der Waals surface area contributed by atoms with Crippen molar-refractivity contribution in [1.29, 1.82) is 0 Å². The molecule has 2 rings (SSSR count). The molecule has 0 atom stereocenters. The molecule has 0 aromatic heterocycles. The van der Waals surface area contributed by atoms with Crippen LogP contribution in [-0.4, -0.2) is 29.8 Å². The summed E-state index contributed by atoms with van der Waals surface area (Å²) in [6.45, 7) is 21.3. The number of hydrogen-bond acceptors (Lipinski definition) is 2. The molecule has 0 aliphatic carbocycles. The third-order valence-electron chi connectivity index (χ3n) is 6.16. The molecule has 2 aromatic carbocycles. The molecule has 4 heteroatoms. The van der Waals surface area contributed by atoms with Gasteiger partial charge in [0, 0.05) is 18.8 Å². The molecule has 0 fully saturated rings. The van der Waals surface area contributed by atoms with E-state index in [1.807, 2.05) is 43.4 Å². The minimum atomic E-state index is -2.13. The van der Waals surface area contributed by atoms with Crippen LogP contribution in [0, 0.1) is 11.8 Å². The van der Waals surface area contributed by atoms with Crippen LogP contribution in [0.4, 0.5) is 0 Å². The van der Waals surface area contributed by atoms with Crippen molar-refractivity contribution in [2.75, 3.05) is 13.2 Å². The van der Waals surface area contributed by atoms with Crippen LogP contribution in [0.25, 0.3) is 6.08 Å². The maximum absolute atomic E-state index is 6.29. The van der Waals surface area contributed by atoms with Gasteiger partial charge in [0.15, 0.2) is 0 Å². The molecule has 0 spiro atoms. The lowest BCUT2D eigenvalue weighted by Crippen LogP contribution is -2.50. The van der Waals surface area contributed by atoms with Crippen LogP contribution in [0.2, 0.25) is 24.2 Å². The van der Waals surface area contributed by atoms with E-state index in [1.165, 1.54) is 10.4 Å². The number of allylic oxidation sites excluding steroid dienone is 5. The topological polar surface area (TPSA) is 18.5 Å². The molecule has 0 saturated heterocycles. The summed E-state index contributed by atoms with van der Waals surface area (Å²) in [6, 6.07) is 20.6. The van der Waals surface area contributed by atoms with Gasteiger partial charge in [-0.05, 0) is 78.2 Å². The number of benzene rings is 2. The first-order valence-electron chi connectivity index (χ1n) is 12.6. The van der Waals surface area contributed by atoms with E-state index in [4.69, 9.17) is 8.85 Å². The van der Waals surface area contributed by atoms with Gasteiger partial charge in [0.1, 0.15) is 0 Å². The van der Waals surface area contributed by atoms with Gasteiger partial charge in [-0.2, -0.15) is 0 Å². The molecule has 0 saturated carbocycles. The van der Waals surface area contributed by atoms with Crippen LogP contribution in [0.5, 0.6) is 0 Å². The summed E-state index contributed by atoms with van der Waals surface area (Å²) >= 11 is 0. The first-order valence-corrected chi connectivity index (χ1v) is 17.3. The monoisotopic (exact) mass is 512 g/mol. The van der Waals surface area contributed by atoms with Crippen molar-refractivity contribution in [2.24, 2.45) is 0 Å². The highest BCUT2D eigenvalue weighted by molar-refractivity contribution is 6.87. The zero-order chi connectivity index (χ0) is 26.3. The highest BCUT2D eigenvalue weighted by Gasteiger charge is 2.35. The summed E-state index contributed by atoms with van der Waals surface area (Å²) in [5.74, 6) is 6.40. The van der Waals surface area contributed by atoms with E-state index in [0.717, 1.165) is 35.3 Å². The molecule has 0 aliphatic rings. The Labute approximate surface area is 221 Å². The van der Waals surface area contributed by atoms with Gasteiger partial charge >= 0.3 is 0 Å². The Balaban J connectivity index is 2.16. The Hall–Kier alpha value is -2.95. The van der Waals surface area contributed by atoms with E-state index < -0.39 is 16.6 Å². The molecule has 0 bridgehead atoms. The fourth-order valence-electron chi connectivity index (χ4n) is 4.54. The maximum atomic E-state index is 6.29. The van der Waals surface area contributed by atoms with Crippen LogP contribution >= 0.6 is 0 Å². The van der Waals surface area contributed by atoms with Crippen molar-refractivity contribution in [3.05, 3.63) is 116 Å². The Morgan fingerprint density at radius 3 is 1.47 bits per heavy atom. The number of rotatable bonds is 15. The van der Waals surface area contributed by atoms with Gasteiger partial charge in [-0.25, -0.2) is 0 Å². The smallest absolute Gasteiger partial charge is 0.231 e. The number of hydrogen-bond donors (Lipinski definition) is 0. The van der Waals surface area contributed by atoms with E-state index in [9.17, 15) is 0 Å². The fraction of sp³-hybridized carbons (Fsp3) is 0.250. The lowest BCUT2D eigenvalue weighted by Gasteiger charge is -2.29. The highest BCUT2D eigenvalue weighted by Crippen LogP contribution is 2.21. The quantitative estimate of drug-likeness (QED) is 0.147. The normalized spacial score (nSPS) is 11.5. The van der Waals surface area contributed by atoms with Crippen LogP contribution < -0.4 is 10.4 Å². The lowest BCUT2D eigenvalue weighted by molar-refractivity contribution is 0.333. The predicted molar refractivity (Wildman–Crippen MR) is 163 cm³/mol. The summed E-state index contributed by atoms with van der Waals surface area (Å²) in [5, 5.41) is 2.52. The van der Waals surface area contributed by atoms with E-state index in [0.29, 0.717) is 13.2 Å². The molecule has 0 amide bonds. The van der Waals surface area contributed by atoms with Crippen LogP contribution in [-0.2, 0) is 8.85 Å². The lowest BCUT2D eigenvalue weighted by atomic mass is 10.2. The molecule has 188 valence electrons. The van der Waals surface area contributed by atoms with Gasteiger partial charge < -0.3 is 8.85 Å². The molecular weight excluding hydrogens is 473 g/mol. The van der Waals surface area contributed by atoms with Gasteiger partial charge in [0.2, 0.25) is 16.6 Å². The molecule has 0 N–H and O–H groups in total. The Morgan fingerprint density at radius 1 is 0.667 bits per heavy atom.